The molecule has 4 rings (SSSR count). The fourth-order valence-electron chi connectivity index (χ4n) is 5.07. The number of ether oxygens (including phenoxy) is 1. The summed E-state index contributed by atoms with van der Waals surface area (Å²) in [6, 6.07) is 11.5. The van der Waals surface area contributed by atoms with Crippen molar-refractivity contribution in [3.05, 3.63) is 41.6 Å². The largest absolute Gasteiger partial charge is 0.378 e. The molecule has 2 aliphatic rings. The third kappa shape index (κ3) is 5.67. The molecule has 32 heavy (non-hydrogen) atoms. The zero-order valence-corrected chi connectivity index (χ0v) is 20.6. The van der Waals surface area contributed by atoms with Crippen LogP contribution in [-0.4, -0.2) is 42.6 Å². The van der Waals surface area contributed by atoms with Crippen molar-refractivity contribution in [1.82, 2.24) is 9.78 Å². The molecule has 0 N–H and O–H groups in total. The van der Waals surface area contributed by atoms with Crippen molar-refractivity contribution >= 4 is 11.5 Å². The minimum absolute atomic E-state index is 0.0575. The van der Waals surface area contributed by atoms with Gasteiger partial charge in [-0.15, -0.1) is 0 Å². The lowest BCUT2D eigenvalue weighted by atomic mass is 9.88. The van der Waals surface area contributed by atoms with Gasteiger partial charge in [0.05, 0.1) is 18.9 Å². The average molecular weight is 439 g/mol. The summed E-state index contributed by atoms with van der Waals surface area (Å²) < 4.78 is 7.77. The minimum Gasteiger partial charge on any atom is -0.378 e. The molecule has 176 valence electrons. The molecular weight excluding hydrogens is 396 g/mol. The van der Waals surface area contributed by atoms with Gasteiger partial charge >= 0.3 is 0 Å². The van der Waals surface area contributed by atoms with E-state index in [1.165, 1.54) is 54.9 Å². The molecule has 2 aromatic rings. The van der Waals surface area contributed by atoms with Crippen LogP contribution in [0.5, 0.6) is 0 Å². The molecule has 1 aliphatic heterocycles. The Morgan fingerprint density at radius 1 is 1.06 bits per heavy atom. The summed E-state index contributed by atoms with van der Waals surface area (Å²) in [5.41, 5.74) is 3.95. The van der Waals surface area contributed by atoms with Crippen molar-refractivity contribution in [3.8, 4) is 0 Å². The second kappa shape index (κ2) is 10.3. The Morgan fingerprint density at radius 3 is 2.50 bits per heavy atom. The van der Waals surface area contributed by atoms with Gasteiger partial charge in [-0.3, -0.25) is 0 Å². The van der Waals surface area contributed by atoms with Crippen molar-refractivity contribution in [2.24, 2.45) is 5.92 Å². The molecule has 1 aliphatic carbocycles. The van der Waals surface area contributed by atoms with Gasteiger partial charge in [-0.25, -0.2) is 4.68 Å². The summed E-state index contributed by atoms with van der Waals surface area (Å²) >= 11 is 0. The summed E-state index contributed by atoms with van der Waals surface area (Å²) in [5.74, 6) is 2.06. The first-order valence-electron chi connectivity index (χ1n) is 12.7. The van der Waals surface area contributed by atoms with E-state index in [-0.39, 0.29) is 5.41 Å². The van der Waals surface area contributed by atoms with Crippen LogP contribution in [0, 0.1) is 5.92 Å². The quantitative estimate of drug-likeness (QED) is 0.561. The molecule has 0 radical (unpaired) electrons. The Hall–Kier alpha value is -2.01. The van der Waals surface area contributed by atoms with E-state index in [4.69, 9.17) is 9.84 Å². The minimum atomic E-state index is 0.0575. The van der Waals surface area contributed by atoms with Crippen LogP contribution in [-0.2, 0) is 23.2 Å². The lowest BCUT2D eigenvalue weighted by Gasteiger charge is -2.32. The van der Waals surface area contributed by atoms with Crippen molar-refractivity contribution in [1.29, 1.82) is 0 Å². The lowest BCUT2D eigenvalue weighted by molar-refractivity contribution is 0.122. The van der Waals surface area contributed by atoms with Crippen LogP contribution in [0.15, 0.2) is 30.3 Å². The van der Waals surface area contributed by atoms with Gasteiger partial charge in [0, 0.05) is 49.9 Å². The number of benzene rings is 1. The second-order valence-corrected chi connectivity index (χ2v) is 10.6. The van der Waals surface area contributed by atoms with Crippen LogP contribution in [0.4, 0.5) is 11.5 Å². The first kappa shape index (κ1) is 23.2. The molecule has 2 fully saturated rings. The van der Waals surface area contributed by atoms with E-state index in [0.717, 1.165) is 51.9 Å². The highest BCUT2D eigenvalue weighted by Gasteiger charge is 2.25. The van der Waals surface area contributed by atoms with Gasteiger partial charge in [0.1, 0.15) is 5.82 Å². The van der Waals surface area contributed by atoms with Crippen LogP contribution in [0.1, 0.15) is 71.1 Å². The van der Waals surface area contributed by atoms with E-state index in [1.807, 2.05) is 0 Å². The Balaban J connectivity index is 1.61. The van der Waals surface area contributed by atoms with E-state index < -0.39 is 0 Å². The van der Waals surface area contributed by atoms with E-state index >= 15 is 0 Å². The predicted octanol–water partition coefficient (Wildman–Crippen LogP) is 5.62. The fraction of sp³-hybridized carbons (Fsp3) is 0.667. The first-order valence-corrected chi connectivity index (χ1v) is 12.7. The summed E-state index contributed by atoms with van der Waals surface area (Å²) in [4.78, 5) is 5.06. The molecule has 0 amide bonds. The number of aromatic nitrogens is 2. The Morgan fingerprint density at radius 2 is 1.81 bits per heavy atom. The molecule has 2 heterocycles. The second-order valence-electron chi connectivity index (χ2n) is 10.6. The molecule has 0 unspecified atom stereocenters. The highest BCUT2D eigenvalue weighted by Crippen LogP contribution is 2.31. The van der Waals surface area contributed by atoms with Gasteiger partial charge in [-0.2, -0.15) is 5.10 Å². The van der Waals surface area contributed by atoms with Gasteiger partial charge in [0.2, 0.25) is 0 Å². The highest BCUT2D eigenvalue weighted by atomic mass is 16.5. The lowest BCUT2D eigenvalue weighted by Crippen LogP contribution is -2.36. The summed E-state index contributed by atoms with van der Waals surface area (Å²) in [5, 5.41) is 5.00. The number of hydrogen-bond acceptors (Lipinski definition) is 4. The number of hydrogen-bond donors (Lipinski definition) is 0. The Labute approximate surface area is 194 Å². The van der Waals surface area contributed by atoms with Crippen molar-refractivity contribution in [2.75, 3.05) is 42.6 Å². The zero-order valence-electron chi connectivity index (χ0n) is 20.6. The van der Waals surface area contributed by atoms with Crippen molar-refractivity contribution in [2.45, 2.75) is 78.3 Å². The highest BCUT2D eigenvalue weighted by molar-refractivity contribution is 5.51. The van der Waals surface area contributed by atoms with Gasteiger partial charge in [0.25, 0.3) is 0 Å². The standard InChI is InChI=1S/C27H42N4O/c1-5-31-26(19-25(28-31)27(2,3)4)30(20-22-10-7-6-8-11-22)21-23-12-9-13-24(18-23)29-14-16-32-17-15-29/h9,12-13,18-19,22H,5-8,10-11,14-17,20-21H2,1-4H3. The third-order valence-corrected chi connectivity index (χ3v) is 7.01. The maximum Gasteiger partial charge on any atom is 0.127 e. The van der Waals surface area contributed by atoms with Crippen LogP contribution >= 0.6 is 0 Å². The normalized spacial score (nSPS) is 18.2. The summed E-state index contributed by atoms with van der Waals surface area (Å²) in [6.45, 7) is 15.6. The van der Waals surface area contributed by atoms with E-state index in [2.05, 4.69) is 72.5 Å². The maximum atomic E-state index is 5.55. The summed E-state index contributed by atoms with van der Waals surface area (Å²) in [7, 11) is 0. The van der Waals surface area contributed by atoms with Crippen molar-refractivity contribution < 1.29 is 4.74 Å². The van der Waals surface area contributed by atoms with Gasteiger partial charge in [-0.1, -0.05) is 52.2 Å². The molecular formula is C27H42N4O. The van der Waals surface area contributed by atoms with Crippen molar-refractivity contribution in [3.63, 3.8) is 0 Å². The SMILES string of the molecule is CCn1nc(C(C)(C)C)cc1N(Cc1cccc(N2CCOCC2)c1)CC1CCCCC1. The van der Waals surface area contributed by atoms with Crippen LogP contribution < -0.4 is 9.80 Å². The Kier molecular flexibility index (Phi) is 7.44. The molecule has 1 aromatic heterocycles. The van der Waals surface area contributed by atoms with E-state index in [9.17, 15) is 0 Å². The predicted molar refractivity (Wildman–Crippen MR) is 134 cm³/mol. The van der Waals surface area contributed by atoms with Gasteiger partial charge < -0.3 is 14.5 Å². The maximum absolute atomic E-state index is 5.55. The van der Waals surface area contributed by atoms with E-state index in [0.29, 0.717) is 0 Å². The monoisotopic (exact) mass is 438 g/mol. The van der Waals surface area contributed by atoms with E-state index in [1.54, 1.807) is 0 Å². The molecule has 1 aromatic carbocycles. The van der Waals surface area contributed by atoms with Gasteiger partial charge in [-0.05, 0) is 43.4 Å². The smallest absolute Gasteiger partial charge is 0.127 e. The first-order chi connectivity index (χ1) is 15.4. The summed E-state index contributed by atoms with van der Waals surface area (Å²) in [6.07, 6.45) is 6.88. The molecule has 0 bridgehead atoms. The molecule has 5 nitrogen and oxygen atoms in total. The number of anilines is 2. The average Bonchev–Trinajstić information content (AvgIpc) is 3.25. The fourth-order valence-corrected chi connectivity index (χ4v) is 5.07. The molecule has 1 saturated carbocycles. The molecule has 1 saturated heterocycles. The van der Waals surface area contributed by atoms with Crippen LogP contribution in [0.25, 0.3) is 0 Å². The number of nitrogens with zero attached hydrogens (tertiary/aromatic N) is 4. The molecule has 0 atom stereocenters. The third-order valence-electron chi connectivity index (χ3n) is 7.01. The number of aryl methyl sites for hydroxylation is 1. The van der Waals surface area contributed by atoms with Gasteiger partial charge in [0.15, 0.2) is 0 Å². The zero-order chi connectivity index (χ0) is 22.6. The topological polar surface area (TPSA) is 33.5 Å². The van der Waals surface area contributed by atoms with Crippen LogP contribution in [0.3, 0.4) is 0 Å². The number of rotatable bonds is 7. The number of morpholine rings is 1. The molecule has 5 heteroatoms. The molecule has 0 spiro atoms. The van der Waals surface area contributed by atoms with Crippen LogP contribution in [0.2, 0.25) is 0 Å². The Bertz CT molecular complexity index is 857.